The van der Waals surface area contributed by atoms with Crippen molar-refractivity contribution in [3.05, 3.63) is 58.6 Å². The van der Waals surface area contributed by atoms with E-state index in [1.54, 1.807) is 11.0 Å². The molecule has 0 aliphatic carbocycles. The van der Waals surface area contributed by atoms with E-state index in [1.165, 1.54) is 0 Å². The Labute approximate surface area is 201 Å². The van der Waals surface area contributed by atoms with Gasteiger partial charge in [0.1, 0.15) is 19.3 Å². The summed E-state index contributed by atoms with van der Waals surface area (Å²) in [5.74, 6) is 1.17. The zero-order valence-electron chi connectivity index (χ0n) is 19.8. The predicted molar refractivity (Wildman–Crippen MR) is 130 cm³/mol. The molecular formula is C26H33ClN2O4. The zero-order chi connectivity index (χ0) is 24.0. The number of nitrogens with one attached hydrogen (secondary N) is 1. The molecule has 1 heterocycles. The molecule has 0 saturated heterocycles. The van der Waals surface area contributed by atoms with Gasteiger partial charge in [0.05, 0.1) is 0 Å². The molecule has 33 heavy (non-hydrogen) atoms. The van der Waals surface area contributed by atoms with Crippen LogP contribution in [0.3, 0.4) is 0 Å². The lowest BCUT2D eigenvalue weighted by molar-refractivity contribution is -0.142. The topological polar surface area (TPSA) is 67.9 Å². The Morgan fingerprint density at radius 1 is 1.09 bits per heavy atom. The summed E-state index contributed by atoms with van der Waals surface area (Å²) in [6.07, 6.45) is 1.30. The van der Waals surface area contributed by atoms with Gasteiger partial charge in [-0.3, -0.25) is 9.59 Å². The highest BCUT2D eigenvalue weighted by atomic mass is 35.5. The quantitative estimate of drug-likeness (QED) is 0.601. The fourth-order valence-corrected chi connectivity index (χ4v) is 4.02. The van der Waals surface area contributed by atoms with Crippen molar-refractivity contribution >= 4 is 23.4 Å². The van der Waals surface area contributed by atoms with E-state index in [1.807, 2.05) is 64.1 Å². The zero-order valence-corrected chi connectivity index (χ0v) is 20.6. The van der Waals surface area contributed by atoms with Gasteiger partial charge in [-0.1, -0.05) is 42.8 Å². The molecule has 1 atom stereocenters. The largest absolute Gasteiger partial charge is 0.486 e. The third-order valence-electron chi connectivity index (χ3n) is 5.42. The van der Waals surface area contributed by atoms with Crippen LogP contribution in [-0.4, -0.2) is 41.5 Å². The maximum atomic E-state index is 13.4. The molecular weight excluding hydrogens is 440 g/mol. The lowest BCUT2D eigenvalue weighted by Crippen LogP contribution is -2.53. The molecule has 0 radical (unpaired) electrons. The number of fused-ring (bicyclic) bond motifs is 1. The van der Waals surface area contributed by atoms with Crippen molar-refractivity contribution in [2.24, 2.45) is 0 Å². The third kappa shape index (κ3) is 6.87. The first-order valence-electron chi connectivity index (χ1n) is 11.4. The molecule has 2 aromatic rings. The molecule has 0 fully saturated rings. The normalized spacial score (nSPS) is 13.8. The number of ether oxygens (including phenoxy) is 2. The van der Waals surface area contributed by atoms with Gasteiger partial charge < -0.3 is 19.7 Å². The fourth-order valence-electron chi connectivity index (χ4n) is 3.82. The van der Waals surface area contributed by atoms with Crippen molar-refractivity contribution in [3.63, 3.8) is 0 Å². The van der Waals surface area contributed by atoms with Gasteiger partial charge in [-0.25, -0.2) is 0 Å². The number of benzene rings is 2. The van der Waals surface area contributed by atoms with Gasteiger partial charge >= 0.3 is 0 Å². The van der Waals surface area contributed by atoms with E-state index in [9.17, 15) is 9.59 Å². The summed E-state index contributed by atoms with van der Waals surface area (Å²) in [6.45, 7) is 9.04. The van der Waals surface area contributed by atoms with Crippen LogP contribution in [0.5, 0.6) is 11.5 Å². The summed E-state index contributed by atoms with van der Waals surface area (Å²) in [6, 6.07) is 12.6. The van der Waals surface area contributed by atoms with Gasteiger partial charge in [-0.15, -0.1) is 0 Å². The average Bonchev–Trinajstić information content (AvgIpc) is 2.77. The number of hydrogen-bond donors (Lipinski definition) is 1. The summed E-state index contributed by atoms with van der Waals surface area (Å²) in [4.78, 5) is 28.2. The van der Waals surface area contributed by atoms with Crippen LogP contribution in [0, 0.1) is 0 Å². The first kappa shape index (κ1) is 24.9. The number of aryl methyl sites for hydroxylation is 1. The second-order valence-corrected chi connectivity index (χ2v) is 9.66. The van der Waals surface area contributed by atoms with Crippen molar-refractivity contribution in [2.75, 3.05) is 13.2 Å². The minimum absolute atomic E-state index is 0.0966. The molecule has 2 aromatic carbocycles. The van der Waals surface area contributed by atoms with E-state index in [-0.39, 0.29) is 24.8 Å². The number of halogens is 1. The highest BCUT2D eigenvalue weighted by Gasteiger charge is 2.30. The molecule has 0 saturated carbocycles. The van der Waals surface area contributed by atoms with Gasteiger partial charge in [0.15, 0.2) is 11.5 Å². The monoisotopic (exact) mass is 472 g/mol. The lowest BCUT2D eigenvalue weighted by atomic mass is 10.0. The number of hydrogen-bond acceptors (Lipinski definition) is 4. The smallest absolute Gasteiger partial charge is 0.243 e. The van der Waals surface area contributed by atoms with Crippen LogP contribution < -0.4 is 14.8 Å². The number of carbonyl (C=O) groups excluding carboxylic acids is 2. The fraction of sp³-hybridized carbons (Fsp3) is 0.462. The van der Waals surface area contributed by atoms with Gasteiger partial charge in [-0.05, 0) is 62.9 Å². The molecule has 0 bridgehead atoms. The number of nitrogens with zero attached hydrogens (tertiary/aromatic N) is 1. The van der Waals surface area contributed by atoms with Gasteiger partial charge in [0, 0.05) is 23.5 Å². The van der Waals surface area contributed by atoms with E-state index in [0.717, 1.165) is 16.9 Å². The molecule has 0 aromatic heterocycles. The van der Waals surface area contributed by atoms with E-state index in [0.29, 0.717) is 36.8 Å². The minimum Gasteiger partial charge on any atom is -0.486 e. The standard InChI is InChI=1S/C26H33ClN2O4/c1-5-21(25(31)28-26(2,3)4)29(17-19-8-6-7-9-20(19)27)24(30)13-11-18-10-12-22-23(16-18)33-15-14-32-22/h6-10,12,16,21H,5,11,13-15,17H2,1-4H3,(H,28,31)/t21-/m0/s1. The van der Waals surface area contributed by atoms with Crippen molar-refractivity contribution in [3.8, 4) is 11.5 Å². The van der Waals surface area contributed by atoms with Crippen molar-refractivity contribution in [1.82, 2.24) is 10.2 Å². The maximum absolute atomic E-state index is 13.4. The molecule has 0 spiro atoms. The number of amides is 2. The predicted octanol–water partition coefficient (Wildman–Crippen LogP) is 4.77. The number of rotatable bonds is 8. The van der Waals surface area contributed by atoms with Crippen LogP contribution in [0.25, 0.3) is 0 Å². The first-order chi connectivity index (χ1) is 15.7. The Balaban J connectivity index is 1.79. The average molecular weight is 473 g/mol. The summed E-state index contributed by atoms with van der Waals surface area (Å²) in [5, 5.41) is 3.59. The van der Waals surface area contributed by atoms with Crippen LogP contribution in [0.2, 0.25) is 5.02 Å². The van der Waals surface area contributed by atoms with Crippen molar-refractivity contribution in [2.45, 2.75) is 65.1 Å². The highest BCUT2D eigenvalue weighted by molar-refractivity contribution is 6.31. The molecule has 7 heteroatoms. The van der Waals surface area contributed by atoms with Crippen LogP contribution >= 0.6 is 11.6 Å². The van der Waals surface area contributed by atoms with Crippen LogP contribution in [-0.2, 0) is 22.6 Å². The SMILES string of the molecule is CC[C@@H](C(=O)NC(C)(C)C)N(Cc1ccccc1Cl)C(=O)CCc1ccc2c(c1)OCCO2. The molecule has 1 N–H and O–H groups in total. The van der Waals surface area contributed by atoms with Crippen LogP contribution in [0.1, 0.15) is 51.7 Å². The summed E-state index contributed by atoms with van der Waals surface area (Å²) < 4.78 is 11.2. The molecule has 1 aliphatic heterocycles. The lowest BCUT2D eigenvalue weighted by Gasteiger charge is -2.33. The maximum Gasteiger partial charge on any atom is 0.243 e. The molecule has 178 valence electrons. The molecule has 2 amide bonds. The summed E-state index contributed by atoms with van der Waals surface area (Å²) in [5.41, 5.74) is 1.40. The Kier molecular flexibility index (Phi) is 8.25. The van der Waals surface area contributed by atoms with E-state index < -0.39 is 11.6 Å². The third-order valence-corrected chi connectivity index (χ3v) is 5.79. The van der Waals surface area contributed by atoms with Crippen LogP contribution in [0.4, 0.5) is 0 Å². The van der Waals surface area contributed by atoms with E-state index in [4.69, 9.17) is 21.1 Å². The first-order valence-corrected chi connectivity index (χ1v) is 11.8. The molecule has 0 unspecified atom stereocenters. The van der Waals surface area contributed by atoms with Gasteiger partial charge in [0.25, 0.3) is 0 Å². The van der Waals surface area contributed by atoms with Gasteiger partial charge in [-0.2, -0.15) is 0 Å². The number of carbonyl (C=O) groups is 2. The minimum atomic E-state index is -0.590. The Morgan fingerprint density at radius 2 is 1.79 bits per heavy atom. The summed E-state index contributed by atoms with van der Waals surface area (Å²) >= 11 is 6.38. The summed E-state index contributed by atoms with van der Waals surface area (Å²) in [7, 11) is 0. The van der Waals surface area contributed by atoms with Crippen molar-refractivity contribution < 1.29 is 19.1 Å². The second-order valence-electron chi connectivity index (χ2n) is 9.25. The Hall–Kier alpha value is -2.73. The Morgan fingerprint density at radius 3 is 2.45 bits per heavy atom. The van der Waals surface area contributed by atoms with E-state index >= 15 is 0 Å². The van der Waals surface area contributed by atoms with Crippen LogP contribution in [0.15, 0.2) is 42.5 Å². The van der Waals surface area contributed by atoms with Crippen molar-refractivity contribution in [1.29, 1.82) is 0 Å². The Bertz CT molecular complexity index is 986. The molecule has 3 rings (SSSR count). The second kappa shape index (κ2) is 10.9. The molecule has 6 nitrogen and oxygen atoms in total. The van der Waals surface area contributed by atoms with Gasteiger partial charge in [0.2, 0.25) is 11.8 Å². The highest BCUT2D eigenvalue weighted by Crippen LogP contribution is 2.31. The molecule has 1 aliphatic rings. The van der Waals surface area contributed by atoms with E-state index in [2.05, 4.69) is 5.32 Å².